The van der Waals surface area contributed by atoms with E-state index in [1.54, 1.807) is 55.4 Å². The molecule has 0 aromatic heterocycles. The molecule has 0 aliphatic carbocycles. The number of halogens is 15. The summed E-state index contributed by atoms with van der Waals surface area (Å²) in [7, 11) is 0. The molecule has 0 saturated heterocycles. The summed E-state index contributed by atoms with van der Waals surface area (Å²) in [4.78, 5) is 52.3. The second kappa shape index (κ2) is 30.8. The fourth-order valence-electron chi connectivity index (χ4n) is 1.12. The summed E-state index contributed by atoms with van der Waals surface area (Å²) in [5, 5.41) is 7.85. The van der Waals surface area contributed by atoms with Crippen LogP contribution in [0.5, 0.6) is 0 Å². The third kappa shape index (κ3) is 56.1. The van der Waals surface area contributed by atoms with Crippen LogP contribution in [0.15, 0.2) is 0 Å². The average molecular weight is 1040 g/mol. The number of hydrogen-bond donors (Lipinski definition) is 2. The highest BCUT2D eigenvalue weighted by atomic mass is 35.6. The predicted molar refractivity (Wildman–Crippen MR) is 213 cm³/mol. The molecule has 0 fully saturated rings. The van der Waals surface area contributed by atoms with Gasteiger partial charge < -0.3 is 29.8 Å². The normalized spacial score (nSPS) is 11.5. The van der Waals surface area contributed by atoms with Crippen molar-refractivity contribution < 1.29 is 48.0 Å². The Balaban J connectivity index is -0.000000121. The molecule has 308 valence electrons. The highest BCUT2D eigenvalue weighted by molar-refractivity contribution is 6.77. The average Bonchev–Trinajstić information content (AvgIpc) is 2.80. The molecule has 0 aromatic carbocycles. The molecule has 26 heteroatoms. The lowest BCUT2D eigenvalue weighted by atomic mass is 10.5. The van der Waals surface area contributed by atoms with Crippen molar-refractivity contribution in [1.29, 1.82) is 0 Å². The van der Waals surface area contributed by atoms with Crippen LogP contribution in [0.1, 0.15) is 69.2 Å². The number of ether oxygens (including phenoxy) is 4. The number of carbonyl (C=O) groups is 5. The van der Waals surface area contributed by atoms with Crippen LogP contribution in [0.2, 0.25) is 0 Å². The Morgan fingerprint density at radius 3 is 0.510 bits per heavy atom. The molecule has 0 unspecified atom stereocenters. The molecule has 0 aliphatic rings. The topological polar surface area (TPSA) is 169 Å². The number of carbonyl (C=O) groups excluding carboxylic acids is 4. The van der Waals surface area contributed by atoms with E-state index in [0.29, 0.717) is 6.04 Å². The maximum Gasteiger partial charge on any atom is 0.358 e. The van der Waals surface area contributed by atoms with Crippen LogP contribution in [0.4, 0.5) is 0 Å². The first-order valence-electron chi connectivity index (χ1n) is 13.2. The first-order chi connectivity index (χ1) is 22.0. The lowest BCUT2D eigenvalue weighted by molar-refractivity contribution is -0.147. The molecule has 11 nitrogen and oxygen atoms in total. The number of hydrogen-bond acceptors (Lipinski definition) is 10. The monoisotopic (exact) mass is 1040 g/mol. The van der Waals surface area contributed by atoms with E-state index in [2.05, 4.69) is 18.9 Å². The number of rotatable bonds is 4. The van der Waals surface area contributed by atoms with E-state index < -0.39 is 48.8 Å². The first-order valence-corrected chi connectivity index (χ1v) is 18.9. The molecule has 0 bridgehead atoms. The van der Waals surface area contributed by atoms with Gasteiger partial charge in [-0.05, 0) is 61.4 Å². The Morgan fingerprint density at radius 1 is 0.392 bits per heavy atom. The van der Waals surface area contributed by atoms with Crippen LogP contribution >= 0.6 is 174 Å². The number of carboxylic acids is 1. The third-order valence-corrected chi connectivity index (χ3v) is 4.88. The van der Waals surface area contributed by atoms with Gasteiger partial charge in [0.2, 0.25) is 0 Å². The van der Waals surface area contributed by atoms with Crippen molar-refractivity contribution in [3.63, 3.8) is 0 Å². The molecular weight excluding hydrogens is 1010 g/mol. The van der Waals surface area contributed by atoms with Crippen molar-refractivity contribution in [3.8, 4) is 0 Å². The van der Waals surface area contributed by atoms with Gasteiger partial charge in [-0.1, -0.05) is 188 Å². The molecule has 0 atom stereocenters. The zero-order valence-electron chi connectivity index (χ0n) is 28.3. The second-order valence-corrected chi connectivity index (χ2v) is 21.3. The molecule has 0 rings (SSSR count). The number of esters is 4. The van der Waals surface area contributed by atoms with Crippen LogP contribution < -0.4 is 5.73 Å². The van der Waals surface area contributed by atoms with Gasteiger partial charge >= 0.3 is 29.8 Å². The maximum atomic E-state index is 10.7. The lowest BCUT2D eigenvalue weighted by Crippen LogP contribution is -2.24. The van der Waals surface area contributed by atoms with E-state index in [4.69, 9.17) is 185 Å². The van der Waals surface area contributed by atoms with Gasteiger partial charge in [-0.3, -0.25) is 0 Å². The fraction of sp³-hybridized carbons (Fsp3) is 0.800. The van der Waals surface area contributed by atoms with E-state index in [1.807, 2.05) is 13.8 Å². The molecule has 3 N–H and O–H groups in total. The zero-order valence-corrected chi connectivity index (χ0v) is 39.6. The molecule has 51 heavy (non-hydrogen) atoms. The fourth-order valence-corrected chi connectivity index (χ4v) is 1.66. The highest BCUT2D eigenvalue weighted by Gasteiger charge is 2.35. The number of alkyl halides is 15. The Bertz CT molecular complexity index is 869. The van der Waals surface area contributed by atoms with Crippen molar-refractivity contribution in [2.24, 2.45) is 5.73 Å². The standard InChI is InChI=1S/4C5H7Cl3O2.C3H9N.C2HCl3O2/c4*1-3(2)10-4(9)5(6,7)8;1-3(2)4;3-2(4,5)1(6)7/h4*3H,1-2H3;3H,4H2,1-2H3;(H,6,7). The van der Waals surface area contributed by atoms with Gasteiger partial charge in [0.25, 0.3) is 19.0 Å². The van der Waals surface area contributed by atoms with Crippen molar-refractivity contribution >= 4 is 204 Å². The summed E-state index contributed by atoms with van der Waals surface area (Å²) in [5.41, 5.74) is 5.11. The molecule has 0 radical (unpaired) electrons. The molecule has 0 amide bonds. The molecule has 0 aliphatic heterocycles. The van der Waals surface area contributed by atoms with Crippen molar-refractivity contribution in [1.82, 2.24) is 0 Å². The predicted octanol–water partition coefficient (Wildman–Crippen LogP) is 11.0. The Hall–Kier alpha value is 1.66. The summed E-state index contributed by atoms with van der Waals surface area (Å²) in [5.74, 6) is -4.82. The van der Waals surface area contributed by atoms with Gasteiger partial charge in [-0.25, -0.2) is 24.0 Å². The number of carboxylic acid groups (broad SMARTS) is 1. The van der Waals surface area contributed by atoms with Crippen LogP contribution in [-0.4, -0.2) is 84.4 Å². The van der Waals surface area contributed by atoms with E-state index in [0.717, 1.165) is 0 Å². The maximum absolute atomic E-state index is 10.7. The molecule has 0 aromatic rings. The first kappa shape index (κ1) is 64.6. The summed E-state index contributed by atoms with van der Waals surface area (Å²) in [6.07, 6.45) is -1.04. The second-order valence-electron chi connectivity index (χ2n) is 9.85. The van der Waals surface area contributed by atoms with Gasteiger partial charge in [0.1, 0.15) is 0 Å². The Kier molecular flexibility index (Phi) is 38.9. The summed E-state index contributed by atoms with van der Waals surface area (Å²) in [6.45, 7) is 17.3. The van der Waals surface area contributed by atoms with E-state index in [9.17, 15) is 24.0 Å². The Morgan fingerprint density at radius 2 is 0.490 bits per heavy atom. The van der Waals surface area contributed by atoms with Gasteiger partial charge in [0, 0.05) is 0 Å². The number of nitrogens with two attached hydrogens (primary N) is 1. The van der Waals surface area contributed by atoms with Crippen LogP contribution in [0, 0.1) is 0 Å². The smallest absolute Gasteiger partial charge is 0.358 e. The minimum atomic E-state index is -2.17. The van der Waals surface area contributed by atoms with Crippen LogP contribution in [-0.2, 0) is 42.9 Å². The van der Waals surface area contributed by atoms with Crippen molar-refractivity contribution in [2.45, 2.75) is 119 Å². The van der Waals surface area contributed by atoms with Crippen LogP contribution in [0.25, 0.3) is 0 Å². The third-order valence-electron chi connectivity index (χ3n) is 2.54. The van der Waals surface area contributed by atoms with E-state index >= 15 is 0 Å². The lowest BCUT2D eigenvalue weighted by Gasteiger charge is -2.12. The minimum absolute atomic E-state index is 0.261. The molecule has 0 spiro atoms. The number of aliphatic carboxylic acids is 1. The quantitative estimate of drug-likeness (QED) is 0.156. The van der Waals surface area contributed by atoms with Gasteiger partial charge in [0.15, 0.2) is 0 Å². The molecule has 0 saturated carbocycles. The summed E-state index contributed by atoms with van der Waals surface area (Å²) < 4.78 is 8.34. The van der Waals surface area contributed by atoms with Gasteiger partial charge in [-0.2, -0.15) is 0 Å². The van der Waals surface area contributed by atoms with E-state index in [1.165, 1.54) is 0 Å². The van der Waals surface area contributed by atoms with Crippen molar-refractivity contribution in [3.05, 3.63) is 0 Å². The zero-order chi connectivity index (χ0) is 43.1. The van der Waals surface area contributed by atoms with E-state index in [-0.39, 0.29) is 24.4 Å². The Labute approximate surface area is 372 Å². The van der Waals surface area contributed by atoms with Gasteiger partial charge in [-0.15, -0.1) is 0 Å². The highest BCUT2D eigenvalue weighted by Crippen LogP contribution is 2.30. The summed E-state index contributed by atoms with van der Waals surface area (Å²) in [6, 6.07) is 0.333. The van der Waals surface area contributed by atoms with Gasteiger partial charge in [0.05, 0.1) is 24.4 Å². The largest absolute Gasteiger partial charge is 0.478 e. The van der Waals surface area contributed by atoms with Crippen molar-refractivity contribution in [2.75, 3.05) is 0 Å². The minimum Gasteiger partial charge on any atom is -0.478 e. The SMILES string of the molecule is CC(C)N.CC(C)OC(=O)C(Cl)(Cl)Cl.CC(C)OC(=O)C(Cl)(Cl)Cl.CC(C)OC(=O)C(Cl)(Cl)Cl.CC(C)OC(=O)C(Cl)(Cl)Cl.O=C(O)C(Cl)(Cl)Cl. The molecular formula is C25H38Cl15NO10. The summed E-state index contributed by atoms with van der Waals surface area (Å²) >= 11 is 76.6. The van der Waals surface area contributed by atoms with Crippen LogP contribution in [0.3, 0.4) is 0 Å². The molecule has 0 heterocycles.